The fourth-order valence-corrected chi connectivity index (χ4v) is 4.57. The van der Waals surface area contributed by atoms with E-state index in [0.717, 1.165) is 6.07 Å². The van der Waals surface area contributed by atoms with Gasteiger partial charge >= 0.3 is 5.97 Å². The van der Waals surface area contributed by atoms with E-state index in [0.29, 0.717) is 13.0 Å². The van der Waals surface area contributed by atoms with Crippen molar-refractivity contribution in [3.05, 3.63) is 27.2 Å². The topological polar surface area (TPSA) is 94.9 Å². The highest BCUT2D eigenvalue weighted by Gasteiger charge is 2.33. The molecule has 2 rings (SSSR count). The summed E-state index contributed by atoms with van der Waals surface area (Å²) in [5, 5.41) is 18.1. The predicted octanol–water partition coefficient (Wildman–Crippen LogP) is 1.80. The van der Waals surface area contributed by atoms with Crippen LogP contribution in [0, 0.1) is 5.92 Å². The molecular weight excluding hydrogens is 386 g/mol. The van der Waals surface area contributed by atoms with Gasteiger partial charge in [-0.2, -0.15) is 4.31 Å². The van der Waals surface area contributed by atoms with Gasteiger partial charge in [0.05, 0.1) is 15.5 Å². The summed E-state index contributed by atoms with van der Waals surface area (Å²) in [6, 6.07) is 2.34. The van der Waals surface area contributed by atoms with Crippen LogP contribution < -0.4 is 0 Å². The minimum Gasteiger partial charge on any atom is -0.478 e. The monoisotopic (exact) mass is 397 g/mol. The Morgan fingerprint density at radius 3 is 2.67 bits per heavy atom. The summed E-state index contributed by atoms with van der Waals surface area (Å²) >= 11 is 8.92. The lowest BCUT2D eigenvalue weighted by Crippen LogP contribution is -2.29. The van der Waals surface area contributed by atoms with E-state index >= 15 is 0 Å². The number of rotatable bonds is 4. The van der Waals surface area contributed by atoms with Crippen molar-refractivity contribution in [2.45, 2.75) is 11.3 Å². The normalized spacial score (nSPS) is 19.9. The molecule has 21 heavy (non-hydrogen) atoms. The summed E-state index contributed by atoms with van der Waals surface area (Å²) in [5.74, 6) is -1.39. The highest BCUT2D eigenvalue weighted by molar-refractivity contribution is 9.10. The molecule has 1 atom stereocenters. The van der Waals surface area contributed by atoms with Gasteiger partial charge in [-0.25, -0.2) is 13.2 Å². The zero-order valence-corrected chi connectivity index (χ0v) is 13.9. The van der Waals surface area contributed by atoms with E-state index in [1.165, 1.54) is 10.4 Å². The Kier molecular flexibility index (Phi) is 4.94. The molecule has 1 aliphatic heterocycles. The number of benzene rings is 1. The van der Waals surface area contributed by atoms with Gasteiger partial charge in [-0.05, 0) is 40.4 Å². The zero-order chi connectivity index (χ0) is 15.8. The van der Waals surface area contributed by atoms with Crippen LogP contribution in [-0.2, 0) is 10.0 Å². The molecule has 1 heterocycles. The van der Waals surface area contributed by atoms with Crippen LogP contribution in [-0.4, -0.2) is 48.6 Å². The van der Waals surface area contributed by atoms with Crippen LogP contribution in [0.5, 0.6) is 0 Å². The van der Waals surface area contributed by atoms with Crippen LogP contribution in [0.4, 0.5) is 0 Å². The molecule has 9 heteroatoms. The second kappa shape index (κ2) is 6.21. The Morgan fingerprint density at radius 2 is 2.14 bits per heavy atom. The van der Waals surface area contributed by atoms with E-state index in [1.807, 2.05) is 0 Å². The lowest BCUT2D eigenvalue weighted by molar-refractivity contribution is 0.0696. The van der Waals surface area contributed by atoms with Crippen LogP contribution in [0.25, 0.3) is 0 Å². The molecule has 1 unspecified atom stereocenters. The molecule has 1 aromatic carbocycles. The van der Waals surface area contributed by atoms with E-state index < -0.39 is 16.0 Å². The quantitative estimate of drug-likeness (QED) is 0.806. The Labute approximate surface area is 135 Å². The molecule has 0 aromatic heterocycles. The number of carboxylic acid groups (broad SMARTS) is 1. The SMILES string of the molecule is O=C(O)c1cc(S(=O)(=O)N2CCC(CO)C2)cc(Br)c1Cl. The average molecular weight is 399 g/mol. The first-order valence-electron chi connectivity index (χ1n) is 6.10. The first-order chi connectivity index (χ1) is 9.77. The number of sulfonamides is 1. The zero-order valence-electron chi connectivity index (χ0n) is 10.8. The number of carboxylic acids is 1. The summed E-state index contributed by atoms with van der Waals surface area (Å²) in [6.45, 7) is 0.453. The van der Waals surface area contributed by atoms with Gasteiger partial charge in [0.25, 0.3) is 0 Å². The number of aliphatic hydroxyl groups excluding tert-OH is 1. The van der Waals surface area contributed by atoms with Gasteiger partial charge in [-0.1, -0.05) is 11.6 Å². The highest BCUT2D eigenvalue weighted by Crippen LogP contribution is 2.32. The summed E-state index contributed by atoms with van der Waals surface area (Å²) in [5.41, 5.74) is -0.275. The van der Waals surface area contributed by atoms with Crippen molar-refractivity contribution in [1.29, 1.82) is 0 Å². The number of aromatic carboxylic acids is 1. The van der Waals surface area contributed by atoms with Gasteiger partial charge in [0.2, 0.25) is 10.0 Å². The smallest absolute Gasteiger partial charge is 0.337 e. The molecule has 6 nitrogen and oxygen atoms in total. The Hall–Kier alpha value is -0.670. The first kappa shape index (κ1) is 16.7. The lowest BCUT2D eigenvalue weighted by Gasteiger charge is -2.17. The molecular formula is C12H13BrClNO5S. The summed E-state index contributed by atoms with van der Waals surface area (Å²) in [7, 11) is -3.81. The molecule has 116 valence electrons. The van der Waals surface area contributed by atoms with Gasteiger partial charge in [0, 0.05) is 24.2 Å². The number of hydrogen-bond acceptors (Lipinski definition) is 4. The van der Waals surface area contributed by atoms with Crippen molar-refractivity contribution in [3.8, 4) is 0 Å². The fourth-order valence-electron chi connectivity index (χ4n) is 2.18. The van der Waals surface area contributed by atoms with Gasteiger partial charge < -0.3 is 10.2 Å². The molecule has 1 fully saturated rings. The summed E-state index contributed by atoms with van der Waals surface area (Å²) in [4.78, 5) is 11.0. The third-order valence-electron chi connectivity index (χ3n) is 3.38. The van der Waals surface area contributed by atoms with Crippen LogP contribution in [0.2, 0.25) is 5.02 Å². The van der Waals surface area contributed by atoms with Crippen molar-refractivity contribution in [3.63, 3.8) is 0 Å². The van der Waals surface area contributed by atoms with Crippen molar-refractivity contribution in [2.24, 2.45) is 5.92 Å². The third-order valence-corrected chi connectivity index (χ3v) is 6.48. The van der Waals surface area contributed by atoms with E-state index in [4.69, 9.17) is 21.8 Å². The Balaban J connectivity index is 2.44. The third kappa shape index (κ3) is 3.24. The van der Waals surface area contributed by atoms with E-state index in [9.17, 15) is 13.2 Å². The molecule has 1 aliphatic rings. The minimum atomic E-state index is -3.81. The number of halogens is 2. The maximum Gasteiger partial charge on any atom is 0.337 e. The maximum atomic E-state index is 12.5. The fraction of sp³-hybridized carbons (Fsp3) is 0.417. The number of nitrogens with zero attached hydrogens (tertiary/aromatic N) is 1. The second-order valence-electron chi connectivity index (χ2n) is 4.77. The van der Waals surface area contributed by atoms with E-state index in [2.05, 4.69) is 15.9 Å². The maximum absolute atomic E-state index is 12.5. The Morgan fingerprint density at radius 1 is 1.48 bits per heavy atom. The molecule has 0 aliphatic carbocycles. The Bertz CT molecular complexity index is 678. The number of hydrogen-bond donors (Lipinski definition) is 2. The van der Waals surface area contributed by atoms with Crippen LogP contribution >= 0.6 is 27.5 Å². The van der Waals surface area contributed by atoms with Gasteiger partial charge in [0.1, 0.15) is 0 Å². The lowest BCUT2D eigenvalue weighted by atomic mass is 10.1. The molecule has 0 bridgehead atoms. The van der Waals surface area contributed by atoms with Crippen molar-refractivity contribution in [2.75, 3.05) is 19.7 Å². The second-order valence-corrected chi connectivity index (χ2v) is 7.94. The van der Waals surface area contributed by atoms with Crippen molar-refractivity contribution < 1.29 is 23.4 Å². The highest BCUT2D eigenvalue weighted by atomic mass is 79.9. The average Bonchev–Trinajstić information content (AvgIpc) is 2.90. The molecule has 0 amide bonds. The molecule has 0 radical (unpaired) electrons. The van der Waals surface area contributed by atoms with Crippen molar-refractivity contribution in [1.82, 2.24) is 4.31 Å². The molecule has 0 spiro atoms. The molecule has 2 N–H and O–H groups in total. The summed E-state index contributed by atoms with van der Waals surface area (Å²) < 4.78 is 26.5. The molecule has 1 aromatic rings. The number of carbonyl (C=O) groups is 1. The molecule has 1 saturated heterocycles. The minimum absolute atomic E-state index is 0.0453. The standard InChI is InChI=1S/C12H13BrClNO5S/c13-10-4-8(3-9(11(10)14)12(17)18)21(19,20)15-2-1-7(5-15)6-16/h3-4,7,16H,1-2,5-6H2,(H,17,18). The van der Waals surface area contributed by atoms with E-state index in [-0.39, 0.29) is 39.0 Å². The predicted molar refractivity (Wildman–Crippen MR) is 80.1 cm³/mol. The van der Waals surface area contributed by atoms with Gasteiger partial charge in [-0.15, -0.1) is 0 Å². The van der Waals surface area contributed by atoms with Crippen LogP contribution in [0.3, 0.4) is 0 Å². The summed E-state index contributed by atoms with van der Waals surface area (Å²) in [6.07, 6.45) is 0.580. The van der Waals surface area contributed by atoms with Crippen molar-refractivity contribution >= 4 is 43.5 Å². The first-order valence-corrected chi connectivity index (χ1v) is 8.71. The van der Waals surface area contributed by atoms with Gasteiger partial charge in [0.15, 0.2) is 0 Å². The van der Waals surface area contributed by atoms with E-state index in [1.54, 1.807) is 0 Å². The van der Waals surface area contributed by atoms with Crippen LogP contribution in [0.1, 0.15) is 16.8 Å². The largest absolute Gasteiger partial charge is 0.478 e. The molecule has 0 saturated carbocycles. The van der Waals surface area contributed by atoms with Gasteiger partial charge in [-0.3, -0.25) is 0 Å². The van der Waals surface area contributed by atoms with Crippen LogP contribution in [0.15, 0.2) is 21.5 Å². The number of aliphatic hydroxyl groups is 1.